The minimum Gasteiger partial charge on any atom is -0.480 e. The molecule has 0 aliphatic carbocycles. The molecule has 1 aliphatic heterocycles. The molecule has 24 heteroatoms. The predicted octanol–water partition coefficient (Wildman–Crippen LogP) is -0.771. The molecule has 1 saturated heterocycles. The zero-order valence-electron chi connectivity index (χ0n) is 41.7. The molecule has 0 saturated carbocycles. The first-order chi connectivity index (χ1) is 32.6. The van der Waals surface area contributed by atoms with Gasteiger partial charge < -0.3 is 63.1 Å². The smallest absolute Gasteiger partial charge is 0.317 e. The number of nitrogens with two attached hydrogens (primary N) is 3. The number of aliphatic hydroxyl groups excluding tert-OH is 1. The minimum atomic E-state index is -0.994. The number of amidine groups is 2. The fourth-order valence-electron chi connectivity index (χ4n) is 5.90. The second-order valence-corrected chi connectivity index (χ2v) is 17.0. The van der Waals surface area contributed by atoms with Gasteiger partial charge in [0.15, 0.2) is 5.84 Å². The maximum absolute atomic E-state index is 12.4. The quantitative estimate of drug-likeness (QED) is 0.0188. The van der Waals surface area contributed by atoms with Crippen LogP contribution in [0.15, 0.2) is 34.5 Å². The fraction of sp³-hybridized carbons (Fsp3) is 0.667. The number of amides is 2. The van der Waals surface area contributed by atoms with Gasteiger partial charge in [0.25, 0.3) is 0 Å². The van der Waals surface area contributed by atoms with Gasteiger partial charge in [-0.05, 0) is 58.6 Å². The second kappa shape index (κ2) is 40.3. The summed E-state index contributed by atoms with van der Waals surface area (Å²) in [6.45, 7) is 15.0. The summed E-state index contributed by atoms with van der Waals surface area (Å²) in [5.41, 5.74) is 17.0. The lowest BCUT2D eigenvalue weighted by molar-refractivity contribution is -0.140. The van der Waals surface area contributed by atoms with Crippen LogP contribution >= 0.6 is 0 Å². The number of carboxylic acid groups (broad SMARTS) is 3. The number of carbonyl (C=O) groups excluding carboxylic acids is 3. The van der Waals surface area contributed by atoms with Crippen molar-refractivity contribution in [2.24, 2.45) is 33.3 Å². The van der Waals surface area contributed by atoms with Crippen molar-refractivity contribution in [1.82, 2.24) is 35.6 Å². The first kappa shape index (κ1) is 65.5. The van der Waals surface area contributed by atoms with Crippen molar-refractivity contribution in [3.8, 4) is 0 Å². The van der Waals surface area contributed by atoms with Crippen LogP contribution in [-0.2, 0) is 40.0 Å². The molecule has 0 atom stereocenters. The van der Waals surface area contributed by atoms with Crippen LogP contribution < -0.4 is 33.2 Å². The van der Waals surface area contributed by atoms with Crippen LogP contribution in [0.4, 0.5) is 0 Å². The van der Waals surface area contributed by atoms with Crippen LogP contribution in [0.5, 0.6) is 0 Å². The average Bonchev–Trinajstić information content (AvgIpc) is 3.25. The van der Waals surface area contributed by atoms with Crippen molar-refractivity contribution in [3.05, 3.63) is 35.4 Å². The molecular formula is C45H83N13O11. The molecule has 0 unspecified atom stereocenters. The summed E-state index contributed by atoms with van der Waals surface area (Å²) in [6.07, 6.45) is 4.77. The summed E-state index contributed by atoms with van der Waals surface area (Å²) in [7, 11) is 1.89. The lowest BCUT2D eigenvalue weighted by Crippen LogP contribution is -2.49. The number of hydrogen-bond acceptors (Lipinski definition) is 16. The summed E-state index contributed by atoms with van der Waals surface area (Å²) in [6, 6.07) is 7.27. The van der Waals surface area contributed by atoms with E-state index in [1.165, 1.54) is 6.92 Å². The van der Waals surface area contributed by atoms with E-state index in [0.29, 0.717) is 104 Å². The Hall–Kier alpha value is -5.63. The summed E-state index contributed by atoms with van der Waals surface area (Å²) >= 11 is 0. The molecule has 1 heterocycles. The Balaban J connectivity index is 0. The Labute approximate surface area is 407 Å². The second-order valence-electron chi connectivity index (χ2n) is 17.0. The molecule has 69 heavy (non-hydrogen) atoms. The number of aldehydes is 1. The summed E-state index contributed by atoms with van der Waals surface area (Å²) < 4.78 is 5.49. The van der Waals surface area contributed by atoms with E-state index < -0.39 is 17.9 Å². The SMILES string of the molecule is CC(=N)N.CC(C)CCNC(=O)CN1CCN(CC(=O)O)CCN(CC(=O)O)CCN(CC(=O)O)CC1.CNCCOC(C)(C)CCO.N/C=N\N=C(/N)c1ccc(CNC(=O)CCCC=O)cc1. The Bertz CT molecular complexity index is 1650. The highest BCUT2D eigenvalue weighted by molar-refractivity contribution is 5.97. The molecule has 0 bridgehead atoms. The molecule has 2 rings (SSSR count). The molecule has 1 aliphatic rings. The van der Waals surface area contributed by atoms with E-state index >= 15 is 0 Å². The van der Waals surface area contributed by atoms with Gasteiger partial charge in [-0.25, -0.2) is 0 Å². The van der Waals surface area contributed by atoms with Gasteiger partial charge in [-0.15, -0.1) is 10.2 Å². The van der Waals surface area contributed by atoms with Gasteiger partial charge in [-0.2, -0.15) is 0 Å². The van der Waals surface area contributed by atoms with Gasteiger partial charge in [0.05, 0.1) is 44.2 Å². The minimum absolute atomic E-state index is 0.0701. The number of carbonyl (C=O) groups is 6. The number of hydrogen-bond donors (Lipinski definition) is 11. The molecule has 0 spiro atoms. The largest absolute Gasteiger partial charge is 0.480 e. The van der Waals surface area contributed by atoms with E-state index in [-0.39, 0.29) is 61.9 Å². The highest BCUT2D eigenvalue weighted by Gasteiger charge is 2.21. The van der Waals surface area contributed by atoms with Gasteiger partial charge in [0.1, 0.15) is 12.6 Å². The summed E-state index contributed by atoms with van der Waals surface area (Å²) in [4.78, 5) is 74.9. The monoisotopic (exact) mass is 982 g/mol. The molecule has 1 aromatic rings. The van der Waals surface area contributed by atoms with Crippen molar-refractivity contribution < 1.29 is 53.9 Å². The normalized spacial score (nSPS) is 14.6. The molecule has 14 N–H and O–H groups in total. The van der Waals surface area contributed by atoms with E-state index in [0.717, 1.165) is 36.7 Å². The predicted molar refractivity (Wildman–Crippen MR) is 266 cm³/mol. The number of benzene rings is 1. The Morgan fingerprint density at radius 3 is 1.67 bits per heavy atom. The third-order valence-corrected chi connectivity index (χ3v) is 9.67. The third kappa shape index (κ3) is 41.1. The van der Waals surface area contributed by atoms with Crippen molar-refractivity contribution in [1.29, 1.82) is 5.41 Å². The van der Waals surface area contributed by atoms with E-state index in [1.807, 2.05) is 37.9 Å². The molecule has 2 amide bonds. The molecule has 1 fully saturated rings. The van der Waals surface area contributed by atoms with E-state index in [4.69, 9.17) is 32.5 Å². The lowest BCUT2D eigenvalue weighted by Gasteiger charge is -2.32. The van der Waals surface area contributed by atoms with Gasteiger partial charge in [0.2, 0.25) is 11.8 Å². The van der Waals surface area contributed by atoms with E-state index in [2.05, 4.69) is 40.0 Å². The number of nitrogens with zero attached hydrogens (tertiary/aromatic N) is 6. The zero-order valence-corrected chi connectivity index (χ0v) is 41.7. The maximum Gasteiger partial charge on any atom is 0.317 e. The van der Waals surface area contributed by atoms with Crippen molar-refractivity contribution in [2.45, 2.75) is 78.9 Å². The van der Waals surface area contributed by atoms with Crippen molar-refractivity contribution in [3.63, 3.8) is 0 Å². The molecular weight excluding hydrogens is 899 g/mol. The first-order valence-electron chi connectivity index (χ1n) is 23.0. The molecule has 394 valence electrons. The molecule has 24 nitrogen and oxygen atoms in total. The van der Waals surface area contributed by atoms with Crippen LogP contribution in [0.25, 0.3) is 0 Å². The number of aliphatic carboxylic acids is 3. The molecule has 0 aromatic heterocycles. The highest BCUT2D eigenvalue weighted by Crippen LogP contribution is 2.12. The zero-order chi connectivity index (χ0) is 52.6. The van der Waals surface area contributed by atoms with Crippen LogP contribution in [0, 0.1) is 11.3 Å². The van der Waals surface area contributed by atoms with Crippen LogP contribution in [-0.4, -0.2) is 212 Å². The number of aliphatic hydroxyl groups is 1. The van der Waals surface area contributed by atoms with Gasteiger partial charge in [-0.3, -0.25) is 49.0 Å². The number of unbranched alkanes of at least 4 members (excludes halogenated alkanes) is 1. The van der Waals surface area contributed by atoms with E-state index in [1.54, 1.807) is 26.8 Å². The van der Waals surface area contributed by atoms with Gasteiger partial charge >= 0.3 is 17.9 Å². The third-order valence-electron chi connectivity index (χ3n) is 9.67. The van der Waals surface area contributed by atoms with Crippen LogP contribution in [0.1, 0.15) is 77.8 Å². The van der Waals surface area contributed by atoms with Crippen molar-refractivity contribution in [2.75, 3.05) is 112 Å². The number of ether oxygens (including phenoxy) is 1. The lowest BCUT2D eigenvalue weighted by atomic mass is 10.1. The highest BCUT2D eigenvalue weighted by atomic mass is 16.5. The molecule has 0 radical (unpaired) electrons. The molecule has 1 aromatic carbocycles. The van der Waals surface area contributed by atoms with E-state index in [9.17, 15) is 44.1 Å². The van der Waals surface area contributed by atoms with Gasteiger partial charge in [0, 0.05) is 97.0 Å². The Morgan fingerprint density at radius 2 is 1.28 bits per heavy atom. The standard InChI is InChI=1S/C21H39N5O7.C14H19N5O2.C8H19NO2.C2H6N2/c1-17(2)3-4-22-18(27)13-23-5-7-24(14-19(28)29)9-11-26(16-21(32)33)12-10-25(8-6-23)15-20(30)31;15-10-18-19-14(16)12-6-4-11(5-7-12)9-17-13(21)3-1-2-8-20;1-8(2,4-6-10)11-7-5-9-3;1-2(3)4/h17H,3-16H2,1-2H3,(H,22,27)(H,28,29)(H,30,31)(H,32,33);4-8,10H,1-3,9H2,(H2,15,18)(H2,16,19)(H,17,21);9-10H,4-7H2,1-3H3;1H3,(H3,3,4). The number of likely N-dealkylation sites (N-methyl/N-ethyl adjacent to an activating group) is 1. The van der Waals surface area contributed by atoms with Crippen LogP contribution in [0.3, 0.4) is 0 Å². The summed E-state index contributed by atoms with van der Waals surface area (Å²) in [5.74, 6) is -2.23. The average molecular weight is 982 g/mol. The maximum atomic E-state index is 12.4. The Morgan fingerprint density at radius 1 is 0.812 bits per heavy atom. The summed E-state index contributed by atoms with van der Waals surface area (Å²) in [5, 5.41) is 58.5. The number of rotatable bonds is 25. The van der Waals surface area contributed by atoms with Crippen LogP contribution in [0.2, 0.25) is 0 Å². The number of carboxylic acids is 3. The fourth-order valence-corrected chi connectivity index (χ4v) is 5.90. The van der Waals surface area contributed by atoms with Crippen molar-refractivity contribution >= 4 is 54.0 Å². The first-order valence-corrected chi connectivity index (χ1v) is 23.0. The number of nitrogens with one attached hydrogen (secondary N) is 4. The van der Waals surface area contributed by atoms with Gasteiger partial charge in [-0.1, -0.05) is 38.1 Å². The topological polar surface area (TPSA) is 368 Å². The Kier molecular flexibility index (Phi) is 38.2.